The fourth-order valence-corrected chi connectivity index (χ4v) is 12.6. The molecule has 4 amide bonds. The van der Waals surface area contributed by atoms with E-state index in [0.29, 0.717) is 0 Å². The van der Waals surface area contributed by atoms with Gasteiger partial charge in [0.1, 0.15) is 189 Å². The molecule has 0 unspecified atom stereocenters. The lowest BCUT2D eigenvalue weighted by molar-refractivity contribution is -0.407. The highest BCUT2D eigenvalue weighted by atomic mass is 16.8. The highest BCUT2D eigenvalue weighted by Crippen LogP contribution is 2.40. The van der Waals surface area contributed by atoms with Crippen LogP contribution in [0.4, 0.5) is 0 Å². The molecule has 7 fully saturated rings. The predicted octanol–water partition coefficient (Wildman–Crippen LogP) is -18.2. The van der Waals surface area contributed by atoms with Gasteiger partial charge in [0.15, 0.2) is 44.0 Å². The van der Waals surface area contributed by atoms with E-state index in [9.17, 15) is 137 Å². The first-order chi connectivity index (χ1) is 47.7. The van der Waals surface area contributed by atoms with Crippen molar-refractivity contribution < 1.29 is 203 Å². The molecule has 0 aromatic carbocycles. The molecule has 0 spiro atoms. The van der Waals surface area contributed by atoms with Crippen molar-refractivity contribution in [2.24, 2.45) is 0 Å². The Labute approximate surface area is 572 Å². The van der Waals surface area contributed by atoms with Crippen LogP contribution >= 0.6 is 0 Å². The highest BCUT2D eigenvalue weighted by molar-refractivity contribution is 5.74. The van der Waals surface area contributed by atoms with E-state index in [0.717, 1.165) is 27.7 Å². The summed E-state index contributed by atoms with van der Waals surface area (Å²) in [5.74, 6) is -3.68. The van der Waals surface area contributed by atoms with Gasteiger partial charge >= 0.3 is 0 Å². The van der Waals surface area contributed by atoms with Crippen LogP contribution in [-0.2, 0) is 85.5 Å². The zero-order valence-electron chi connectivity index (χ0n) is 54.5. The minimum Gasteiger partial charge on any atom is -0.394 e. The number of hydrogen-bond donors (Lipinski definition) is 27. The molecule has 0 saturated carbocycles. The second-order valence-electron chi connectivity index (χ2n) is 25.1. The van der Waals surface area contributed by atoms with Crippen molar-refractivity contribution in [1.82, 2.24) is 21.3 Å². The van der Waals surface area contributed by atoms with Gasteiger partial charge in [0.25, 0.3) is 0 Å². The third kappa shape index (κ3) is 19.6. The molecule has 0 aliphatic carbocycles. The van der Waals surface area contributed by atoms with Gasteiger partial charge in [-0.1, -0.05) is 0 Å². The van der Waals surface area contributed by atoms with Crippen LogP contribution in [0.3, 0.4) is 0 Å². The molecular weight excluding hydrogens is 1380 g/mol. The Morgan fingerprint density at radius 2 is 0.693 bits per heavy atom. The molecule has 7 aliphatic heterocycles. The van der Waals surface area contributed by atoms with Crippen LogP contribution in [0.15, 0.2) is 0 Å². The molecule has 7 heterocycles. The van der Waals surface area contributed by atoms with Gasteiger partial charge in [-0.2, -0.15) is 0 Å². The summed E-state index contributed by atoms with van der Waals surface area (Å²) in [6, 6.07) is -7.50. The topological polar surface area (TPSA) is 711 Å². The third-order valence-electron chi connectivity index (χ3n) is 17.9. The first kappa shape index (κ1) is 84.7. The zero-order valence-corrected chi connectivity index (χ0v) is 54.5. The van der Waals surface area contributed by atoms with Gasteiger partial charge in [-0.15, -0.1) is 0 Å². The Bertz CT molecular complexity index is 2580. The standard InChI is InChI=1S/C56H96N4O41/c1-14(69)57-18(5-61)30(74)44(19(73)6-62)96-51-28(59-16(3)71)36(80)46(25(12-68)93-51)98-55-43(87)48(47(99-50-27(58-15(2)70)35(79)31(75)20(7-63)89-50)26(95-55)13-88-53-41(85)38(82)32(76)21(8-64)90-53)100-56-49(40(84)34(78)23(10-66)92-56)101-52-29(60-17(4)72)37(81)45(24(11-67)94-52)97-54-42(86)39(83)33(77)22(9-65)91-54/h18-56,61-68,73-87H,5-13H2,1-4H3,(H,57,69)(H,58,70)(H,59,71)(H,60,72)/t18-,19+,20+,21+,22+,23+,24+,25+,26+,27+,28+,29+,30+,31+,32+,33-,34+,35+,36+,37+,38-,39-,40-,41-,42+,43-,44+,45+,46+,47+,48+,49-,50-,51-,52-,53-,54-,55-,56+/m0/s1. The number of rotatable bonds is 30. The summed E-state index contributed by atoms with van der Waals surface area (Å²) in [4.78, 5) is 50.8. The Balaban J connectivity index is 1.35. The number of nitrogens with one attached hydrogen (secondary N) is 4. The summed E-state index contributed by atoms with van der Waals surface area (Å²) in [5.41, 5.74) is 0. The summed E-state index contributed by atoms with van der Waals surface area (Å²) in [6.07, 6.45) is -74.5. The number of carbonyl (C=O) groups is 4. The van der Waals surface area contributed by atoms with Crippen LogP contribution in [-0.4, -0.2) is 440 Å². The van der Waals surface area contributed by atoms with Crippen LogP contribution in [0.5, 0.6) is 0 Å². The Hall–Kier alpha value is -3.60. The fraction of sp³-hybridized carbons (Fsp3) is 0.929. The third-order valence-corrected chi connectivity index (χ3v) is 17.9. The molecule has 0 aromatic rings. The summed E-state index contributed by atoms with van der Waals surface area (Å²) in [7, 11) is 0. The average Bonchev–Trinajstić information content (AvgIpc) is 0.758. The molecule has 0 bridgehead atoms. The molecule has 27 N–H and O–H groups in total. The first-order valence-electron chi connectivity index (χ1n) is 32.0. The molecule has 586 valence electrons. The van der Waals surface area contributed by atoms with Crippen LogP contribution < -0.4 is 21.3 Å². The molecule has 0 aromatic heterocycles. The minimum atomic E-state index is -2.64. The second kappa shape index (κ2) is 37.8. The second-order valence-corrected chi connectivity index (χ2v) is 25.1. The van der Waals surface area contributed by atoms with Gasteiger partial charge in [-0.3, -0.25) is 19.2 Å². The highest BCUT2D eigenvalue weighted by Gasteiger charge is 2.60. The maximum atomic E-state index is 13.0. The number of amides is 4. The first-order valence-corrected chi connectivity index (χ1v) is 32.0. The van der Waals surface area contributed by atoms with E-state index in [1.54, 1.807) is 0 Å². The molecule has 45 nitrogen and oxygen atoms in total. The summed E-state index contributed by atoms with van der Waals surface area (Å²) in [5, 5.41) is 262. The van der Waals surface area contributed by atoms with Gasteiger partial charge in [-0.05, 0) is 0 Å². The lowest BCUT2D eigenvalue weighted by atomic mass is 9.93. The molecule has 7 rings (SSSR count). The number of hydrogen-bond acceptors (Lipinski definition) is 41. The largest absolute Gasteiger partial charge is 0.394 e. The molecule has 39 atom stereocenters. The van der Waals surface area contributed by atoms with Crippen molar-refractivity contribution in [2.75, 3.05) is 59.5 Å². The predicted molar refractivity (Wildman–Crippen MR) is 313 cm³/mol. The number of aliphatic hydroxyl groups excluding tert-OH is 23. The normalized spacial score (nSPS) is 45.0. The number of ether oxygens (including phenoxy) is 14. The van der Waals surface area contributed by atoms with Crippen molar-refractivity contribution in [3.05, 3.63) is 0 Å². The van der Waals surface area contributed by atoms with Gasteiger partial charge < -0.3 is 205 Å². The lowest BCUT2D eigenvalue weighted by Gasteiger charge is -2.52. The van der Waals surface area contributed by atoms with E-state index in [1.807, 2.05) is 0 Å². The van der Waals surface area contributed by atoms with E-state index in [1.165, 1.54) is 0 Å². The smallest absolute Gasteiger partial charge is 0.217 e. The molecule has 101 heavy (non-hydrogen) atoms. The van der Waals surface area contributed by atoms with E-state index >= 15 is 0 Å². The minimum absolute atomic E-state index is 0.804. The Kier molecular flexibility index (Phi) is 31.7. The van der Waals surface area contributed by atoms with Gasteiger partial charge in [0, 0.05) is 27.7 Å². The number of carbonyl (C=O) groups excluding carboxylic acids is 4. The summed E-state index contributed by atoms with van der Waals surface area (Å²) in [6.45, 7) is -6.21. The van der Waals surface area contributed by atoms with E-state index in [-0.39, 0.29) is 0 Å². The van der Waals surface area contributed by atoms with Crippen LogP contribution in [0.2, 0.25) is 0 Å². The fourth-order valence-electron chi connectivity index (χ4n) is 12.6. The quantitative estimate of drug-likeness (QED) is 0.0318. The Morgan fingerprint density at radius 1 is 0.337 bits per heavy atom. The van der Waals surface area contributed by atoms with E-state index in [2.05, 4.69) is 21.3 Å². The summed E-state index contributed by atoms with van der Waals surface area (Å²) >= 11 is 0. The maximum absolute atomic E-state index is 13.0. The van der Waals surface area contributed by atoms with Crippen molar-refractivity contribution in [3.8, 4) is 0 Å². The Morgan fingerprint density at radius 3 is 1.15 bits per heavy atom. The molecule has 7 saturated heterocycles. The zero-order chi connectivity index (χ0) is 74.9. The molecule has 7 aliphatic rings. The molecule has 0 radical (unpaired) electrons. The molecule has 45 heteroatoms. The van der Waals surface area contributed by atoms with Crippen molar-refractivity contribution >= 4 is 23.6 Å². The van der Waals surface area contributed by atoms with Crippen molar-refractivity contribution in [2.45, 2.75) is 267 Å². The van der Waals surface area contributed by atoms with Crippen LogP contribution in [0.25, 0.3) is 0 Å². The van der Waals surface area contributed by atoms with Crippen LogP contribution in [0, 0.1) is 0 Å². The van der Waals surface area contributed by atoms with Crippen LogP contribution in [0.1, 0.15) is 27.7 Å². The van der Waals surface area contributed by atoms with E-state index in [4.69, 9.17) is 66.3 Å². The molecular formula is C56H96N4O41. The van der Waals surface area contributed by atoms with Crippen molar-refractivity contribution in [1.29, 1.82) is 0 Å². The van der Waals surface area contributed by atoms with E-state index < -0.39 is 322 Å². The monoisotopic (exact) mass is 1480 g/mol. The average molecular weight is 1480 g/mol. The van der Waals surface area contributed by atoms with Crippen molar-refractivity contribution in [3.63, 3.8) is 0 Å². The van der Waals surface area contributed by atoms with Gasteiger partial charge in [0.05, 0.1) is 65.5 Å². The lowest BCUT2D eigenvalue weighted by Crippen LogP contribution is -2.71. The van der Waals surface area contributed by atoms with Gasteiger partial charge in [0.2, 0.25) is 23.6 Å². The summed E-state index contributed by atoms with van der Waals surface area (Å²) < 4.78 is 84.2. The SMILES string of the molecule is CC(=O)N[C@H]1[C@H](O[C@@H]([C@H](O)[C@H](CO)NC(C)=O)[C@H](O)CO)O[C@H](CO)[C@@H](O[C@@H]2O[C@H](CO[C@H]3O[C@H](CO)[C@@H](O)[C@H](O)[C@@H]3O)[C@@H](O[C@@H]3O[C@H](CO)[C@@H](O)[C@H](O)[C@H]3NC(C)=O)[C@H](O[C@H]3O[C@H](CO)[C@@H](O)[C@H](O)[C@@H]3O[C@@H]3O[C@H](CO)[C@@H](O[C@@H]4O[C@H](CO)[C@H](O)[C@H](O)[C@H]4O)[C@H](O)[C@H]3NC(C)=O)[C@@H]2O)[C@@H]1O. The van der Waals surface area contributed by atoms with Gasteiger partial charge in [-0.25, -0.2) is 0 Å². The number of aliphatic hydroxyl groups is 23. The maximum Gasteiger partial charge on any atom is 0.217 e.